The van der Waals surface area contributed by atoms with Gasteiger partial charge in [0.25, 0.3) is 0 Å². The van der Waals surface area contributed by atoms with E-state index in [2.05, 4.69) is 44.3 Å². The molecule has 2 nitrogen and oxygen atoms in total. The third-order valence-electron chi connectivity index (χ3n) is 3.26. The Labute approximate surface area is 120 Å². The highest BCUT2D eigenvalue weighted by Gasteiger charge is 2.14. The summed E-state index contributed by atoms with van der Waals surface area (Å²) in [5.41, 5.74) is 2.32. The molecule has 0 saturated heterocycles. The maximum Gasteiger partial charge on any atom is 0.0548 e. The van der Waals surface area contributed by atoms with Crippen LogP contribution in [0.3, 0.4) is 0 Å². The van der Waals surface area contributed by atoms with Crippen LogP contribution in [-0.2, 0) is 10.8 Å². The fraction of sp³-hybridized carbons (Fsp3) is 0.625. The first kappa shape index (κ1) is 16.4. The molecule has 1 rings (SSSR count). The van der Waals surface area contributed by atoms with Crippen molar-refractivity contribution in [2.24, 2.45) is 0 Å². The van der Waals surface area contributed by atoms with Crippen molar-refractivity contribution >= 4 is 10.8 Å². The van der Waals surface area contributed by atoms with Gasteiger partial charge >= 0.3 is 0 Å². The minimum Gasteiger partial charge on any atom is -0.313 e. The summed E-state index contributed by atoms with van der Waals surface area (Å²) in [6.07, 6.45) is 3.35. The molecule has 2 unspecified atom stereocenters. The number of benzene rings is 1. The van der Waals surface area contributed by atoms with Gasteiger partial charge in [0.15, 0.2) is 0 Å². The molecule has 1 aromatic rings. The smallest absolute Gasteiger partial charge is 0.0548 e. The highest BCUT2D eigenvalue weighted by Crippen LogP contribution is 2.16. The maximum absolute atomic E-state index is 12.5. The summed E-state index contributed by atoms with van der Waals surface area (Å²) < 4.78 is 12.5. The Morgan fingerprint density at radius 1 is 1.21 bits per heavy atom. The molecule has 108 valence electrons. The van der Waals surface area contributed by atoms with Crippen molar-refractivity contribution in [2.45, 2.75) is 57.9 Å². The van der Waals surface area contributed by atoms with Crippen molar-refractivity contribution in [3.8, 4) is 0 Å². The second-order valence-electron chi connectivity index (χ2n) is 5.22. The van der Waals surface area contributed by atoms with Crippen LogP contribution < -0.4 is 5.32 Å². The van der Waals surface area contributed by atoms with Gasteiger partial charge in [0.05, 0.1) is 10.8 Å². The quantitative estimate of drug-likeness (QED) is 0.789. The number of hydrogen-bond acceptors (Lipinski definition) is 2. The number of nitrogens with one attached hydrogen (secondary N) is 1. The van der Waals surface area contributed by atoms with E-state index in [1.54, 1.807) is 0 Å². The standard InChI is InChI=1S/C16H27NOS/c1-5-7-15(17-10-6-2)12-19(18)16-11-13(3)8-9-14(16)4/h8-9,11,15,17H,5-7,10,12H2,1-4H3. The fourth-order valence-electron chi connectivity index (χ4n) is 2.17. The zero-order valence-electron chi connectivity index (χ0n) is 12.7. The van der Waals surface area contributed by atoms with Gasteiger partial charge in [0.1, 0.15) is 0 Å². The molecular weight excluding hydrogens is 254 g/mol. The Balaban J connectivity index is 2.72. The van der Waals surface area contributed by atoms with Crippen LogP contribution in [-0.4, -0.2) is 22.5 Å². The van der Waals surface area contributed by atoms with Crippen molar-refractivity contribution in [1.29, 1.82) is 0 Å². The average Bonchev–Trinajstić information content (AvgIpc) is 2.39. The number of hydrogen-bond donors (Lipinski definition) is 1. The van der Waals surface area contributed by atoms with E-state index >= 15 is 0 Å². The summed E-state index contributed by atoms with van der Waals surface area (Å²) in [6, 6.07) is 6.57. The highest BCUT2D eigenvalue weighted by atomic mass is 32.2. The molecule has 3 heteroatoms. The van der Waals surface area contributed by atoms with Gasteiger partial charge in [-0.3, -0.25) is 4.21 Å². The third-order valence-corrected chi connectivity index (χ3v) is 4.90. The van der Waals surface area contributed by atoms with Crippen LogP contribution in [0.5, 0.6) is 0 Å². The molecule has 0 spiro atoms. The van der Waals surface area contributed by atoms with Gasteiger partial charge in [-0.25, -0.2) is 0 Å². The fourth-order valence-corrected chi connectivity index (χ4v) is 3.74. The van der Waals surface area contributed by atoms with Crippen molar-refractivity contribution < 1.29 is 4.21 Å². The molecule has 0 amide bonds. The Bertz CT molecular complexity index is 417. The summed E-state index contributed by atoms with van der Waals surface area (Å²) in [6.45, 7) is 9.45. The van der Waals surface area contributed by atoms with E-state index in [1.165, 1.54) is 5.56 Å². The van der Waals surface area contributed by atoms with Crippen LogP contribution in [0.1, 0.15) is 44.2 Å². The van der Waals surface area contributed by atoms with E-state index < -0.39 is 10.8 Å². The first-order valence-electron chi connectivity index (χ1n) is 7.27. The zero-order chi connectivity index (χ0) is 14.3. The van der Waals surface area contributed by atoms with Crippen LogP contribution in [0.25, 0.3) is 0 Å². The molecule has 2 atom stereocenters. The predicted molar refractivity (Wildman–Crippen MR) is 84.2 cm³/mol. The second-order valence-corrected chi connectivity index (χ2v) is 6.69. The van der Waals surface area contributed by atoms with Crippen LogP contribution >= 0.6 is 0 Å². The van der Waals surface area contributed by atoms with Gasteiger partial charge in [0.2, 0.25) is 0 Å². The Morgan fingerprint density at radius 3 is 2.58 bits per heavy atom. The van der Waals surface area contributed by atoms with Crippen LogP contribution in [0.4, 0.5) is 0 Å². The van der Waals surface area contributed by atoms with Crippen molar-refractivity contribution in [3.63, 3.8) is 0 Å². The highest BCUT2D eigenvalue weighted by molar-refractivity contribution is 7.85. The lowest BCUT2D eigenvalue weighted by molar-refractivity contribution is 0.510. The van der Waals surface area contributed by atoms with Gasteiger partial charge in [-0.2, -0.15) is 0 Å². The molecule has 0 aliphatic heterocycles. The minimum absolute atomic E-state index is 0.366. The number of rotatable bonds is 8. The molecule has 0 radical (unpaired) electrons. The molecule has 19 heavy (non-hydrogen) atoms. The number of aryl methyl sites for hydroxylation is 2. The van der Waals surface area contributed by atoms with Crippen LogP contribution in [0.2, 0.25) is 0 Å². The second kappa shape index (κ2) is 8.49. The monoisotopic (exact) mass is 281 g/mol. The van der Waals surface area contributed by atoms with Crippen LogP contribution in [0.15, 0.2) is 23.1 Å². The van der Waals surface area contributed by atoms with Gasteiger partial charge in [-0.15, -0.1) is 0 Å². The normalized spacial score (nSPS) is 14.3. The molecular formula is C16H27NOS. The average molecular weight is 281 g/mol. The largest absolute Gasteiger partial charge is 0.313 e. The Hall–Kier alpha value is -0.670. The predicted octanol–water partition coefficient (Wildman–Crippen LogP) is 3.58. The van der Waals surface area contributed by atoms with E-state index in [9.17, 15) is 4.21 Å². The molecule has 0 saturated carbocycles. The summed E-state index contributed by atoms with van der Waals surface area (Å²) in [7, 11) is -0.903. The summed E-state index contributed by atoms with van der Waals surface area (Å²) in [4.78, 5) is 0.999. The SMILES string of the molecule is CCCNC(CCC)CS(=O)c1cc(C)ccc1C. The zero-order valence-corrected chi connectivity index (χ0v) is 13.5. The molecule has 0 aliphatic rings. The molecule has 1 aromatic carbocycles. The lowest BCUT2D eigenvalue weighted by Gasteiger charge is -2.18. The van der Waals surface area contributed by atoms with E-state index in [0.29, 0.717) is 6.04 Å². The maximum atomic E-state index is 12.5. The summed E-state index contributed by atoms with van der Waals surface area (Å²) >= 11 is 0. The molecule has 0 aliphatic carbocycles. The molecule has 1 N–H and O–H groups in total. The van der Waals surface area contributed by atoms with Gasteiger partial charge < -0.3 is 5.32 Å². The molecule has 0 aromatic heterocycles. The van der Waals surface area contributed by atoms with E-state index in [4.69, 9.17) is 0 Å². The van der Waals surface area contributed by atoms with Crippen molar-refractivity contribution in [2.75, 3.05) is 12.3 Å². The van der Waals surface area contributed by atoms with Crippen LogP contribution in [0, 0.1) is 13.8 Å². The van der Waals surface area contributed by atoms with Crippen molar-refractivity contribution in [1.82, 2.24) is 5.32 Å². The van der Waals surface area contributed by atoms with E-state index in [0.717, 1.165) is 42.0 Å². The first-order chi connectivity index (χ1) is 9.08. The molecule has 0 heterocycles. The van der Waals surface area contributed by atoms with E-state index in [1.807, 2.05) is 6.92 Å². The molecule has 0 fully saturated rings. The van der Waals surface area contributed by atoms with Gasteiger partial charge in [-0.05, 0) is 50.4 Å². The lowest BCUT2D eigenvalue weighted by atomic mass is 10.2. The lowest BCUT2D eigenvalue weighted by Crippen LogP contribution is -2.34. The summed E-state index contributed by atoms with van der Waals surface area (Å²) in [5.74, 6) is 0.720. The van der Waals surface area contributed by atoms with Crippen molar-refractivity contribution in [3.05, 3.63) is 29.3 Å². The summed E-state index contributed by atoms with van der Waals surface area (Å²) in [5, 5.41) is 3.51. The first-order valence-corrected chi connectivity index (χ1v) is 8.59. The van der Waals surface area contributed by atoms with E-state index in [-0.39, 0.29) is 0 Å². The third kappa shape index (κ3) is 5.45. The Kier molecular flexibility index (Phi) is 7.32. The Morgan fingerprint density at radius 2 is 1.95 bits per heavy atom. The molecule has 0 bridgehead atoms. The van der Waals surface area contributed by atoms with Gasteiger partial charge in [-0.1, -0.05) is 32.4 Å². The minimum atomic E-state index is -0.903. The topological polar surface area (TPSA) is 29.1 Å². The van der Waals surface area contributed by atoms with Gasteiger partial charge in [0, 0.05) is 16.7 Å².